The molecule has 1 aromatic carbocycles. The van der Waals surface area contributed by atoms with Crippen molar-refractivity contribution in [2.24, 2.45) is 7.05 Å². The summed E-state index contributed by atoms with van der Waals surface area (Å²) < 4.78 is 2.57. The van der Waals surface area contributed by atoms with E-state index in [1.54, 1.807) is 4.68 Å². The maximum atomic E-state index is 4.03. The lowest BCUT2D eigenvalue weighted by atomic mass is 10.0. The zero-order valence-corrected chi connectivity index (χ0v) is 12.4. The van der Waals surface area contributed by atoms with Crippen molar-refractivity contribution in [3.63, 3.8) is 0 Å². The topological polar surface area (TPSA) is 42.7 Å². The summed E-state index contributed by atoms with van der Waals surface area (Å²) in [5.74, 6) is 0. The predicted molar refractivity (Wildman–Crippen MR) is 75.4 cm³/mol. The molecule has 5 heteroatoms. The Morgan fingerprint density at radius 3 is 2.44 bits per heavy atom. The molecule has 0 aliphatic carbocycles. The Morgan fingerprint density at radius 1 is 1.33 bits per heavy atom. The lowest BCUT2D eigenvalue weighted by molar-refractivity contribution is 0.597. The van der Waals surface area contributed by atoms with Crippen LogP contribution in [0.3, 0.4) is 0 Å². The minimum Gasteiger partial charge on any atom is -0.308 e. The largest absolute Gasteiger partial charge is 0.308 e. The predicted octanol–water partition coefficient (Wildman–Crippen LogP) is 2.45. The number of aromatic nitrogens is 3. The highest BCUT2D eigenvalue weighted by molar-refractivity contribution is 9.10. The summed E-state index contributed by atoms with van der Waals surface area (Å²) in [6.07, 6.45) is 1.06. The molecule has 18 heavy (non-hydrogen) atoms. The number of hydrogen-bond donors (Lipinski definition) is 1. The van der Waals surface area contributed by atoms with Gasteiger partial charge in [-0.25, -0.2) is 4.68 Å². The van der Waals surface area contributed by atoms with Crippen molar-refractivity contribution >= 4 is 15.9 Å². The fourth-order valence-corrected chi connectivity index (χ4v) is 2.61. The highest BCUT2D eigenvalue weighted by Crippen LogP contribution is 2.26. The number of halogens is 1. The van der Waals surface area contributed by atoms with Crippen LogP contribution >= 0.6 is 15.9 Å². The molecule has 2 aromatic rings. The van der Waals surface area contributed by atoms with Gasteiger partial charge in [0.25, 0.3) is 0 Å². The Balaban J connectivity index is 2.39. The van der Waals surface area contributed by atoms with Gasteiger partial charge < -0.3 is 5.32 Å². The lowest BCUT2D eigenvalue weighted by Crippen LogP contribution is -2.21. The van der Waals surface area contributed by atoms with Crippen molar-refractivity contribution in [3.05, 3.63) is 45.7 Å². The Bertz CT molecular complexity index is 499. The Labute approximate surface area is 116 Å². The van der Waals surface area contributed by atoms with E-state index in [4.69, 9.17) is 0 Å². The third-order valence-electron chi connectivity index (χ3n) is 3.11. The van der Waals surface area contributed by atoms with E-state index < -0.39 is 0 Å². The van der Waals surface area contributed by atoms with E-state index in [0.717, 1.165) is 16.7 Å². The normalized spacial score (nSPS) is 12.7. The van der Waals surface area contributed by atoms with Gasteiger partial charge in [0, 0.05) is 7.05 Å². The second-order valence-electron chi connectivity index (χ2n) is 4.21. The Hall–Kier alpha value is -1.20. The van der Waals surface area contributed by atoms with Crippen molar-refractivity contribution in [2.75, 3.05) is 7.05 Å². The van der Waals surface area contributed by atoms with Gasteiger partial charge in [-0.1, -0.05) is 36.4 Å². The van der Waals surface area contributed by atoms with Crippen LogP contribution in [-0.4, -0.2) is 22.0 Å². The minimum absolute atomic E-state index is 0.0882. The minimum atomic E-state index is 0.0882. The number of benzene rings is 1. The van der Waals surface area contributed by atoms with Crippen LogP contribution in [0.5, 0.6) is 0 Å². The first kappa shape index (κ1) is 13.2. The van der Waals surface area contributed by atoms with E-state index in [9.17, 15) is 0 Å². The molecule has 1 unspecified atom stereocenters. The first-order valence-corrected chi connectivity index (χ1v) is 6.77. The number of aryl methyl sites for hydroxylation is 2. The van der Waals surface area contributed by atoms with Gasteiger partial charge in [-0.15, -0.1) is 5.10 Å². The zero-order valence-electron chi connectivity index (χ0n) is 10.8. The van der Waals surface area contributed by atoms with Crippen LogP contribution in [0, 0.1) is 0 Å². The highest BCUT2D eigenvalue weighted by atomic mass is 79.9. The summed E-state index contributed by atoms with van der Waals surface area (Å²) in [4.78, 5) is 0. The quantitative estimate of drug-likeness (QED) is 0.943. The molecule has 0 aliphatic rings. The molecular weight excluding hydrogens is 292 g/mol. The van der Waals surface area contributed by atoms with Crippen molar-refractivity contribution in [3.8, 4) is 0 Å². The molecule has 0 spiro atoms. The molecule has 0 aliphatic heterocycles. The van der Waals surface area contributed by atoms with E-state index in [1.165, 1.54) is 11.1 Å². The first-order chi connectivity index (χ1) is 8.67. The molecule has 0 amide bonds. The fourth-order valence-electron chi connectivity index (χ4n) is 2.05. The molecule has 1 heterocycles. The van der Waals surface area contributed by atoms with Gasteiger partial charge in [-0.2, -0.15) is 0 Å². The van der Waals surface area contributed by atoms with Crippen LogP contribution in [0.4, 0.5) is 0 Å². The molecule has 96 valence electrons. The maximum Gasteiger partial charge on any atom is 0.153 e. The van der Waals surface area contributed by atoms with E-state index in [0.29, 0.717) is 0 Å². The summed E-state index contributed by atoms with van der Waals surface area (Å²) in [5.41, 5.74) is 3.58. The standard InChI is InChI=1S/C13H17BrN4/c1-4-9-5-7-10(8-6-9)11(15-2)12-13(14)16-17-18(12)3/h5-8,11,15H,4H2,1-3H3. The summed E-state index contributed by atoms with van der Waals surface area (Å²) in [7, 11) is 3.84. The summed E-state index contributed by atoms with van der Waals surface area (Å²) >= 11 is 3.45. The number of rotatable bonds is 4. The van der Waals surface area contributed by atoms with Crippen molar-refractivity contribution in [1.29, 1.82) is 0 Å². The number of nitrogens with zero attached hydrogens (tertiary/aromatic N) is 3. The molecule has 0 saturated carbocycles. The average molecular weight is 309 g/mol. The van der Waals surface area contributed by atoms with E-state index in [-0.39, 0.29) is 6.04 Å². The van der Waals surface area contributed by atoms with Crippen LogP contribution in [0.2, 0.25) is 0 Å². The lowest BCUT2D eigenvalue weighted by Gasteiger charge is -2.17. The van der Waals surface area contributed by atoms with Gasteiger partial charge in [-0.05, 0) is 40.5 Å². The first-order valence-electron chi connectivity index (χ1n) is 5.98. The molecule has 4 nitrogen and oxygen atoms in total. The van der Waals surface area contributed by atoms with E-state index in [2.05, 4.69) is 62.7 Å². The van der Waals surface area contributed by atoms with Crippen molar-refractivity contribution in [2.45, 2.75) is 19.4 Å². The second kappa shape index (κ2) is 5.63. The zero-order chi connectivity index (χ0) is 13.1. The highest BCUT2D eigenvalue weighted by Gasteiger charge is 2.20. The molecule has 0 saturated heterocycles. The van der Waals surface area contributed by atoms with Crippen LogP contribution in [0.25, 0.3) is 0 Å². The fraction of sp³-hybridized carbons (Fsp3) is 0.385. The van der Waals surface area contributed by atoms with Crippen molar-refractivity contribution in [1.82, 2.24) is 20.3 Å². The van der Waals surface area contributed by atoms with E-state index in [1.807, 2.05) is 14.1 Å². The number of nitrogens with one attached hydrogen (secondary N) is 1. The number of hydrogen-bond acceptors (Lipinski definition) is 3. The monoisotopic (exact) mass is 308 g/mol. The molecule has 1 aromatic heterocycles. The van der Waals surface area contributed by atoms with E-state index >= 15 is 0 Å². The second-order valence-corrected chi connectivity index (χ2v) is 4.96. The van der Waals surface area contributed by atoms with Crippen LogP contribution in [0.15, 0.2) is 28.9 Å². The van der Waals surface area contributed by atoms with Gasteiger partial charge in [0.1, 0.15) is 0 Å². The maximum absolute atomic E-state index is 4.03. The Morgan fingerprint density at radius 2 is 2.00 bits per heavy atom. The van der Waals surface area contributed by atoms with Gasteiger partial charge in [0.2, 0.25) is 0 Å². The average Bonchev–Trinajstić information content (AvgIpc) is 2.72. The van der Waals surface area contributed by atoms with Crippen LogP contribution in [0.1, 0.15) is 29.8 Å². The summed E-state index contributed by atoms with van der Waals surface area (Å²) in [6, 6.07) is 8.72. The SMILES string of the molecule is CCc1ccc(C(NC)c2c(Br)nnn2C)cc1. The summed E-state index contributed by atoms with van der Waals surface area (Å²) in [6.45, 7) is 2.16. The van der Waals surface area contributed by atoms with Gasteiger partial charge >= 0.3 is 0 Å². The smallest absolute Gasteiger partial charge is 0.153 e. The van der Waals surface area contributed by atoms with Gasteiger partial charge in [-0.3, -0.25) is 0 Å². The third-order valence-corrected chi connectivity index (χ3v) is 3.67. The van der Waals surface area contributed by atoms with Crippen LogP contribution < -0.4 is 5.32 Å². The molecule has 1 atom stereocenters. The van der Waals surface area contributed by atoms with Gasteiger partial charge in [0.15, 0.2) is 4.60 Å². The molecule has 0 radical (unpaired) electrons. The summed E-state index contributed by atoms with van der Waals surface area (Å²) in [5, 5.41) is 11.4. The molecule has 0 fully saturated rings. The van der Waals surface area contributed by atoms with Crippen LogP contribution in [-0.2, 0) is 13.5 Å². The molecular formula is C13H17BrN4. The molecule has 0 bridgehead atoms. The molecule has 2 rings (SSSR count). The Kier molecular flexibility index (Phi) is 4.14. The van der Waals surface area contributed by atoms with Gasteiger partial charge in [0.05, 0.1) is 11.7 Å². The van der Waals surface area contributed by atoms with Crippen molar-refractivity contribution < 1.29 is 0 Å². The molecule has 1 N–H and O–H groups in total. The third kappa shape index (κ3) is 2.47.